The minimum Gasteiger partial charge on any atom is -0.425 e. The second kappa shape index (κ2) is 12.7. The van der Waals surface area contributed by atoms with Crippen molar-refractivity contribution in [2.45, 2.75) is 86.0 Å². The van der Waals surface area contributed by atoms with Crippen LogP contribution in [0.1, 0.15) is 84.6 Å². The van der Waals surface area contributed by atoms with Crippen LogP contribution in [0.2, 0.25) is 0 Å². The number of esters is 2. The van der Waals surface area contributed by atoms with Gasteiger partial charge in [-0.3, -0.25) is 9.59 Å². The van der Waals surface area contributed by atoms with Crippen LogP contribution in [0.15, 0.2) is 42.5 Å². The summed E-state index contributed by atoms with van der Waals surface area (Å²) in [6, 6.07) is 13.7. The monoisotopic (exact) mass is 476 g/mol. The highest BCUT2D eigenvalue weighted by Crippen LogP contribution is 2.44. The Kier molecular flexibility index (Phi) is 9.71. The van der Waals surface area contributed by atoms with E-state index in [4.69, 9.17) is 9.47 Å². The SMILES string of the molecule is CCCCC(CC)C(=O)Oc1c2ccccc2c(OC(=O)C(CC)CCCC)c2c(C)cccc12. The molecule has 188 valence electrons. The highest BCUT2D eigenvalue weighted by molar-refractivity contribution is 6.13. The third-order valence-electron chi connectivity index (χ3n) is 7.03. The van der Waals surface area contributed by atoms with Crippen LogP contribution in [-0.4, -0.2) is 11.9 Å². The van der Waals surface area contributed by atoms with Gasteiger partial charge in [-0.25, -0.2) is 0 Å². The average molecular weight is 477 g/mol. The second-order valence-electron chi connectivity index (χ2n) is 9.54. The van der Waals surface area contributed by atoms with Crippen molar-refractivity contribution in [2.24, 2.45) is 11.8 Å². The molecule has 0 fully saturated rings. The number of rotatable bonds is 12. The van der Waals surface area contributed by atoms with Gasteiger partial charge in [0.2, 0.25) is 0 Å². The number of hydrogen-bond acceptors (Lipinski definition) is 4. The number of carbonyl (C=O) groups is 2. The van der Waals surface area contributed by atoms with Crippen LogP contribution < -0.4 is 9.47 Å². The minimum absolute atomic E-state index is 0.130. The smallest absolute Gasteiger partial charge is 0.314 e. The van der Waals surface area contributed by atoms with E-state index in [0.29, 0.717) is 11.5 Å². The molecule has 0 aliphatic rings. The largest absolute Gasteiger partial charge is 0.425 e. The third kappa shape index (κ3) is 6.04. The Labute approximate surface area is 210 Å². The van der Waals surface area contributed by atoms with Gasteiger partial charge in [0.15, 0.2) is 0 Å². The number of unbranched alkanes of at least 4 members (excludes halogenated alkanes) is 2. The number of hydrogen-bond donors (Lipinski definition) is 0. The first-order chi connectivity index (χ1) is 17.0. The summed E-state index contributed by atoms with van der Waals surface area (Å²) in [4.78, 5) is 26.4. The van der Waals surface area contributed by atoms with Crippen LogP contribution in [-0.2, 0) is 9.59 Å². The van der Waals surface area contributed by atoms with E-state index in [0.717, 1.165) is 78.5 Å². The molecule has 0 aliphatic carbocycles. The number of fused-ring (bicyclic) bond motifs is 2. The van der Waals surface area contributed by atoms with Crippen LogP contribution in [0.5, 0.6) is 11.5 Å². The Morgan fingerprint density at radius 1 is 0.686 bits per heavy atom. The number of ether oxygens (including phenoxy) is 2. The Morgan fingerprint density at radius 3 is 1.69 bits per heavy atom. The molecule has 3 aromatic rings. The summed E-state index contributed by atoms with van der Waals surface area (Å²) in [7, 11) is 0. The number of benzene rings is 3. The highest BCUT2D eigenvalue weighted by Gasteiger charge is 2.26. The summed E-state index contributed by atoms with van der Waals surface area (Å²) < 4.78 is 12.3. The predicted octanol–water partition coefficient (Wildman–Crippen LogP) is 8.55. The summed E-state index contributed by atoms with van der Waals surface area (Å²) >= 11 is 0. The van der Waals surface area contributed by atoms with Crippen molar-refractivity contribution in [3.05, 3.63) is 48.0 Å². The molecule has 0 saturated carbocycles. The quantitative estimate of drug-likeness (QED) is 0.149. The van der Waals surface area contributed by atoms with Crippen molar-refractivity contribution in [2.75, 3.05) is 0 Å². The molecule has 0 N–H and O–H groups in total. The van der Waals surface area contributed by atoms with Gasteiger partial charge < -0.3 is 9.47 Å². The summed E-state index contributed by atoms with van der Waals surface area (Å²) in [5, 5.41) is 3.20. The van der Waals surface area contributed by atoms with Crippen LogP contribution in [0.3, 0.4) is 0 Å². The standard InChI is InChI=1S/C31H40O4/c1-6-10-16-22(8-3)30(32)34-28-24-18-12-13-19-25(24)29(27-21(5)15-14-20-26(27)28)35-31(33)23(9-4)17-11-7-2/h12-15,18-20,22-23H,6-11,16-17H2,1-5H3. The lowest BCUT2D eigenvalue weighted by atomic mass is 9.96. The Balaban J connectivity index is 2.14. The van der Waals surface area contributed by atoms with Gasteiger partial charge in [0.05, 0.1) is 11.8 Å². The molecule has 4 nitrogen and oxygen atoms in total. The molecule has 0 aromatic heterocycles. The molecule has 0 amide bonds. The fourth-order valence-electron chi connectivity index (χ4n) is 4.78. The maximum atomic E-state index is 13.2. The zero-order valence-electron chi connectivity index (χ0n) is 22.0. The minimum atomic E-state index is -0.190. The van der Waals surface area contributed by atoms with Crippen LogP contribution in [0, 0.1) is 18.8 Å². The predicted molar refractivity (Wildman–Crippen MR) is 144 cm³/mol. The fourth-order valence-corrected chi connectivity index (χ4v) is 4.78. The molecule has 4 heteroatoms. The molecule has 0 radical (unpaired) electrons. The summed E-state index contributed by atoms with van der Waals surface area (Å²) in [6.45, 7) is 10.3. The van der Waals surface area contributed by atoms with Crippen molar-refractivity contribution in [3.63, 3.8) is 0 Å². The lowest BCUT2D eigenvalue weighted by Crippen LogP contribution is -2.21. The molecule has 0 spiro atoms. The zero-order chi connectivity index (χ0) is 25.4. The molecule has 3 rings (SSSR count). The van der Waals surface area contributed by atoms with Gasteiger partial charge in [0, 0.05) is 21.5 Å². The Hall–Kier alpha value is -2.88. The summed E-state index contributed by atoms with van der Waals surface area (Å²) in [5.41, 5.74) is 0.980. The summed E-state index contributed by atoms with van der Waals surface area (Å²) in [6.07, 6.45) is 7.25. The molecular weight excluding hydrogens is 436 g/mol. The number of aryl methyl sites for hydroxylation is 1. The fraction of sp³-hybridized carbons (Fsp3) is 0.484. The van der Waals surface area contributed by atoms with Crippen molar-refractivity contribution < 1.29 is 19.1 Å². The van der Waals surface area contributed by atoms with E-state index >= 15 is 0 Å². The van der Waals surface area contributed by atoms with E-state index in [1.807, 2.05) is 63.2 Å². The number of carbonyl (C=O) groups excluding carboxylic acids is 2. The lowest BCUT2D eigenvalue weighted by Gasteiger charge is -2.21. The van der Waals surface area contributed by atoms with Gasteiger partial charge in [-0.2, -0.15) is 0 Å². The lowest BCUT2D eigenvalue weighted by molar-refractivity contribution is -0.140. The molecular formula is C31H40O4. The van der Waals surface area contributed by atoms with Gasteiger partial charge in [0.25, 0.3) is 0 Å². The van der Waals surface area contributed by atoms with E-state index in [1.165, 1.54) is 0 Å². The van der Waals surface area contributed by atoms with E-state index < -0.39 is 0 Å². The van der Waals surface area contributed by atoms with Gasteiger partial charge in [-0.05, 0) is 38.2 Å². The molecule has 0 saturated heterocycles. The van der Waals surface area contributed by atoms with Crippen molar-refractivity contribution in [3.8, 4) is 11.5 Å². The first-order valence-corrected chi connectivity index (χ1v) is 13.3. The van der Waals surface area contributed by atoms with Crippen molar-refractivity contribution >= 4 is 33.5 Å². The van der Waals surface area contributed by atoms with Gasteiger partial charge >= 0.3 is 11.9 Å². The van der Waals surface area contributed by atoms with Gasteiger partial charge in [-0.1, -0.05) is 95.8 Å². The van der Waals surface area contributed by atoms with Crippen molar-refractivity contribution in [1.82, 2.24) is 0 Å². The van der Waals surface area contributed by atoms with E-state index in [2.05, 4.69) is 13.8 Å². The molecule has 35 heavy (non-hydrogen) atoms. The first kappa shape index (κ1) is 26.7. The maximum absolute atomic E-state index is 13.2. The van der Waals surface area contributed by atoms with E-state index in [1.54, 1.807) is 0 Å². The van der Waals surface area contributed by atoms with Crippen LogP contribution in [0.4, 0.5) is 0 Å². The van der Waals surface area contributed by atoms with Crippen LogP contribution >= 0.6 is 0 Å². The van der Waals surface area contributed by atoms with E-state index in [-0.39, 0.29) is 23.8 Å². The van der Waals surface area contributed by atoms with Gasteiger partial charge in [0.1, 0.15) is 11.5 Å². The topological polar surface area (TPSA) is 52.6 Å². The second-order valence-corrected chi connectivity index (χ2v) is 9.54. The Bertz CT molecular complexity index is 1160. The van der Waals surface area contributed by atoms with Crippen molar-refractivity contribution in [1.29, 1.82) is 0 Å². The molecule has 0 heterocycles. The van der Waals surface area contributed by atoms with E-state index in [9.17, 15) is 9.59 Å². The average Bonchev–Trinajstić information content (AvgIpc) is 2.86. The molecule has 3 aromatic carbocycles. The van der Waals surface area contributed by atoms with Gasteiger partial charge in [-0.15, -0.1) is 0 Å². The summed E-state index contributed by atoms with van der Waals surface area (Å²) in [5.74, 6) is 0.475. The molecule has 2 unspecified atom stereocenters. The normalized spacial score (nSPS) is 13.1. The zero-order valence-corrected chi connectivity index (χ0v) is 22.0. The first-order valence-electron chi connectivity index (χ1n) is 13.3. The molecule has 0 bridgehead atoms. The highest BCUT2D eigenvalue weighted by atomic mass is 16.5. The third-order valence-corrected chi connectivity index (χ3v) is 7.03. The Morgan fingerprint density at radius 2 is 1.17 bits per heavy atom. The maximum Gasteiger partial charge on any atom is 0.314 e. The molecule has 2 atom stereocenters. The van der Waals surface area contributed by atoms with Crippen LogP contribution in [0.25, 0.3) is 21.5 Å². The molecule has 0 aliphatic heterocycles.